The Bertz CT molecular complexity index is 1310. The van der Waals surface area contributed by atoms with Gasteiger partial charge in [0.25, 0.3) is 5.69 Å². The zero-order chi connectivity index (χ0) is 20.4. The first kappa shape index (κ1) is 18.1. The van der Waals surface area contributed by atoms with Crippen molar-refractivity contribution in [2.45, 2.75) is 0 Å². The number of nitro groups is 1. The van der Waals surface area contributed by atoms with Crippen LogP contribution in [-0.4, -0.2) is 10.0 Å². The topological polar surface area (TPSA) is 118 Å². The van der Waals surface area contributed by atoms with Crippen LogP contribution >= 0.6 is 0 Å². The van der Waals surface area contributed by atoms with E-state index in [1.165, 1.54) is 18.2 Å². The summed E-state index contributed by atoms with van der Waals surface area (Å²) in [4.78, 5) is 22.7. The van der Waals surface area contributed by atoms with Crippen molar-refractivity contribution in [2.75, 3.05) is 0 Å². The van der Waals surface area contributed by atoms with Crippen LogP contribution in [0.4, 0.5) is 17.1 Å². The van der Waals surface area contributed by atoms with Crippen LogP contribution in [0.1, 0.15) is 0 Å². The summed E-state index contributed by atoms with van der Waals surface area (Å²) < 4.78 is 5.23. The average molecular weight is 387 g/mol. The number of azo groups is 1. The molecule has 0 fully saturated rings. The Morgan fingerprint density at radius 3 is 2.38 bits per heavy atom. The van der Waals surface area contributed by atoms with Gasteiger partial charge in [-0.3, -0.25) is 10.1 Å². The number of para-hydroxylation sites is 1. The minimum Gasteiger partial charge on any atom is -0.505 e. The molecule has 1 N–H and O–H groups in total. The highest BCUT2D eigenvalue weighted by Crippen LogP contribution is 2.36. The summed E-state index contributed by atoms with van der Waals surface area (Å²) in [6, 6.07) is 20.2. The number of hydrogen-bond donors (Lipinski definition) is 1. The predicted molar refractivity (Wildman–Crippen MR) is 107 cm³/mol. The van der Waals surface area contributed by atoms with E-state index in [4.69, 9.17) is 4.42 Å². The summed E-state index contributed by atoms with van der Waals surface area (Å²) in [5.41, 5.74) is 0.274. The third-order valence-electron chi connectivity index (χ3n) is 4.30. The van der Waals surface area contributed by atoms with E-state index < -0.39 is 22.0 Å². The lowest BCUT2D eigenvalue weighted by Gasteiger charge is -2.06. The van der Waals surface area contributed by atoms with Crippen molar-refractivity contribution in [2.24, 2.45) is 10.2 Å². The van der Waals surface area contributed by atoms with Gasteiger partial charge >= 0.3 is 5.63 Å². The summed E-state index contributed by atoms with van der Waals surface area (Å²) in [6.45, 7) is 0. The summed E-state index contributed by atoms with van der Waals surface area (Å²) in [7, 11) is 0. The second-order valence-corrected chi connectivity index (χ2v) is 6.11. The van der Waals surface area contributed by atoms with Gasteiger partial charge < -0.3 is 9.52 Å². The molecule has 0 saturated carbocycles. The third kappa shape index (κ3) is 3.46. The van der Waals surface area contributed by atoms with E-state index in [0.717, 1.165) is 11.1 Å². The molecule has 1 heterocycles. The van der Waals surface area contributed by atoms with E-state index in [2.05, 4.69) is 10.2 Å². The van der Waals surface area contributed by atoms with Crippen molar-refractivity contribution < 1.29 is 14.4 Å². The number of nitrogens with zero attached hydrogens (tertiary/aromatic N) is 3. The number of fused-ring (bicyclic) bond motifs is 1. The highest BCUT2D eigenvalue weighted by molar-refractivity contribution is 5.91. The van der Waals surface area contributed by atoms with Gasteiger partial charge in [-0.25, -0.2) is 4.79 Å². The first-order valence-electron chi connectivity index (χ1n) is 8.55. The minimum atomic E-state index is -0.898. The number of rotatable bonds is 4. The Morgan fingerprint density at radius 1 is 0.897 bits per heavy atom. The van der Waals surface area contributed by atoms with Crippen LogP contribution in [0, 0.1) is 10.1 Å². The molecule has 142 valence electrons. The molecule has 0 aliphatic carbocycles. The van der Waals surface area contributed by atoms with Crippen molar-refractivity contribution in [3.05, 3.63) is 93.3 Å². The standard InChI is InChI=1S/C21H13N3O5/c25-20-15-12-14(13-6-2-1-3-7-13)10-11-18(15)29-21(26)19(20)23-22-16-8-4-5-9-17(16)24(27)28/h1-12,25H. The largest absolute Gasteiger partial charge is 0.505 e. The van der Waals surface area contributed by atoms with Gasteiger partial charge in [0, 0.05) is 6.07 Å². The van der Waals surface area contributed by atoms with Crippen molar-refractivity contribution in [3.63, 3.8) is 0 Å². The fourth-order valence-electron chi connectivity index (χ4n) is 2.88. The first-order chi connectivity index (χ1) is 14.0. The number of nitro benzene ring substituents is 1. The van der Waals surface area contributed by atoms with Gasteiger partial charge in [0.1, 0.15) is 5.58 Å². The van der Waals surface area contributed by atoms with Gasteiger partial charge in [0.2, 0.25) is 5.69 Å². The lowest BCUT2D eigenvalue weighted by atomic mass is 10.0. The van der Waals surface area contributed by atoms with Crippen LogP contribution < -0.4 is 5.63 Å². The smallest absolute Gasteiger partial charge is 0.368 e. The SMILES string of the molecule is O=c1oc2ccc(-c3ccccc3)cc2c(O)c1N=Nc1ccccc1[N+](=O)[O-]. The van der Waals surface area contributed by atoms with Crippen molar-refractivity contribution in [3.8, 4) is 16.9 Å². The molecular weight excluding hydrogens is 374 g/mol. The molecule has 29 heavy (non-hydrogen) atoms. The molecule has 0 aliphatic rings. The highest BCUT2D eigenvalue weighted by Gasteiger charge is 2.16. The molecule has 0 bridgehead atoms. The number of benzene rings is 3. The second kappa shape index (κ2) is 7.35. The van der Waals surface area contributed by atoms with Crippen LogP contribution in [0.2, 0.25) is 0 Å². The Labute approximate surface area is 163 Å². The second-order valence-electron chi connectivity index (χ2n) is 6.11. The average Bonchev–Trinajstić information content (AvgIpc) is 2.74. The summed E-state index contributed by atoms with van der Waals surface area (Å²) in [5.74, 6) is -0.406. The van der Waals surface area contributed by atoms with E-state index in [1.54, 1.807) is 24.3 Å². The van der Waals surface area contributed by atoms with E-state index in [-0.39, 0.29) is 22.3 Å². The Morgan fingerprint density at radius 2 is 1.62 bits per heavy atom. The molecule has 0 amide bonds. The molecule has 0 aliphatic heterocycles. The molecule has 8 nitrogen and oxygen atoms in total. The van der Waals surface area contributed by atoms with Crippen LogP contribution in [0.5, 0.6) is 5.75 Å². The van der Waals surface area contributed by atoms with E-state index in [0.29, 0.717) is 0 Å². The number of aromatic hydroxyl groups is 1. The molecule has 0 radical (unpaired) electrons. The minimum absolute atomic E-state index is 0.0468. The van der Waals surface area contributed by atoms with Crippen LogP contribution in [0.15, 0.2) is 92.2 Å². The zero-order valence-corrected chi connectivity index (χ0v) is 14.9. The van der Waals surface area contributed by atoms with Gasteiger partial charge in [0.05, 0.1) is 10.3 Å². The first-order valence-corrected chi connectivity index (χ1v) is 8.55. The quantitative estimate of drug-likeness (QED) is 0.215. The maximum absolute atomic E-state index is 12.2. The Hall–Kier alpha value is -4.33. The lowest BCUT2D eigenvalue weighted by molar-refractivity contribution is -0.384. The molecule has 8 heteroatoms. The Balaban J connectivity index is 1.83. The van der Waals surface area contributed by atoms with Gasteiger partial charge in [-0.2, -0.15) is 0 Å². The third-order valence-corrected chi connectivity index (χ3v) is 4.30. The van der Waals surface area contributed by atoms with E-state index >= 15 is 0 Å². The van der Waals surface area contributed by atoms with Gasteiger partial charge in [-0.1, -0.05) is 48.5 Å². The van der Waals surface area contributed by atoms with E-state index in [9.17, 15) is 20.0 Å². The van der Waals surface area contributed by atoms with E-state index in [1.807, 2.05) is 30.3 Å². The molecule has 0 atom stereocenters. The molecule has 0 saturated heterocycles. The zero-order valence-electron chi connectivity index (χ0n) is 14.9. The normalized spacial score (nSPS) is 11.2. The maximum Gasteiger partial charge on any atom is 0.368 e. The van der Waals surface area contributed by atoms with Crippen molar-refractivity contribution >= 4 is 28.0 Å². The van der Waals surface area contributed by atoms with Crippen molar-refractivity contribution in [1.29, 1.82) is 0 Å². The van der Waals surface area contributed by atoms with Gasteiger partial charge in [-0.15, -0.1) is 10.2 Å². The van der Waals surface area contributed by atoms with Crippen LogP contribution in [0.25, 0.3) is 22.1 Å². The fourth-order valence-corrected chi connectivity index (χ4v) is 2.88. The lowest BCUT2D eigenvalue weighted by Crippen LogP contribution is -1.98. The Kier molecular flexibility index (Phi) is 4.58. The molecule has 0 spiro atoms. The van der Waals surface area contributed by atoms with Gasteiger partial charge in [-0.05, 0) is 29.3 Å². The number of hydrogen-bond acceptors (Lipinski definition) is 7. The molecular formula is C21H13N3O5. The van der Waals surface area contributed by atoms with Crippen LogP contribution in [-0.2, 0) is 0 Å². The molecule has 4 aromatic rings. The highest BCUT2D eigenvalue weighted by atomic mass is 16.6. The molecule has 1 aromatic heterocycles. The maximum atomic E-state index is 12.2. The van der Waals surface area contributed by atoms with Crippen LogP contribution in [0.3, 0.4) is 0 Å². The van der Waals surface area contributed by atoms with Crippen molar-refractivity contribution in [1.82, 2.24) is 0 Å². The summed E-state index contributed by atoms with van der Waals surface area (Å²) in [5, 5.41) is 29.5. The van der Waals surface area contributed by atoms with Gasteiger partial charge in [0.15, 0.2) is 11.4 Å². The summed E-state index contributed by atoms with van der Waals surface area (Å²) in [6.07, 6.45) is 0. The monoisotopic (exact) mass is 387 g/mol. The molecule has 4 rings (SSSR count). The fraction of sp³-hybridized carbons (Fsp3) is 0. The molecule has 3 aromatic carbocycles. The predicted octanol–water partition coefficient (Wildman–Crippen LogP) is 5.49. The molecule has 0 unspecified atom stereocenters. The summed E-state index contributed by atoms with van der Waals surface area (Å²) >= 11 is 0.